The van der Waals surface area contributed by atoms with E-state index in [0.717, 1.165) is 19.6 Å². The van der Waals surface area contributed by atoms with Gasteiger partial charge in [0.25, 0.3) is 11.5 Å². The van der Waals surface area contributed by atoms with Gasteiger partial charge in [-0.15, -0.1) is 6.58 Å². The van der Waals surface area contributed by atoms with E-state index >= 15 is 0 Å². The summed E-state index contributed by atoms with van der Waals surface area (Å²) in [5, 5.41) is 0.254. The lowest BCUT2D eigenvalue weighted by atomic mass is 10.1. The molecule has 0 N–H and O–H groups in total. The number of benzene rings is 1. The van der Waals surface area contributed by atoms with Crippen molar-refractivity contribution in [2.45, 2.75) is 26.9 Å². The van der Waals surface area contributed by atoms with E-state index in [2.05, 4.69) is 47.7 Å². The van der Waals surface area contributed by atoms with Crippen molar-refractivity contribution in [2.75, 3.05) is 26.2 Å². The monoisotopic (exact) mass is 406 g/mol. The molecule has 3 aromatic rings. The second-order valence-electron chi connectivity index (χ2n) is 7.76. The molecule has 2 aromatic heterocycles. The molecule has 1 amide bonds. The Kier molecular flexibility index (Phi) is 5.55. The summed E-state index contributed by atoms with van der Waals surface area (Å²) in [4.78, 5) is 34.5. The number of hydrogen-bond acceptors (Lipinski definition) is 5. The molecular weight excluding hydrogens is 380 g/mol. The van der Waals surface area contributed by atoms with Gasteiger partial charge < -0.3 is 9.32 Å². The van der Waals surface area contributed by atoms with Crippen molar-refractivity contribution in [3.63, 3.8) is 0 Å². The van der Waals surface area contributed by atoms with Gasteiger partial charge in [0.2, 0.25) is 5.71 Å². The van der Waals surface area contributed by atoms with Gasteiger partial charge in [-0.05, 0) is 19.4 Å². The third-order valence-electron chi connectivity index (χ3n) is 5.58. The lowest BCUT2D eigenvalue weighted by molar-refractivity contribution is 0.0628. The molecule has 156 valence electrons. The maximum absolute atomic E-state index is 13.3. The van der Waals surface area contributed by atoms with Crippen molar-refractivity contribution in [1.82, 2.24) is 19.4 Å². The third-order valence-corrected chi connectivity index (χ3v) is 5.58. The number of furan rings is 1. The number of nitrogens with zero attached hydrogens (tertiary/aromatic N) is 4. The van der Waals surface area contributed by atoms with Gasteiger partial charge >= 0.3 is 0 Å². The molecule has 0 atom stereocenters. The van der Waals surface area contributed by atoms with Gasteiger partial charge in [-0.1, -0.05) is 35.9 Å². The Morgan fingerprint density at radius 2 is 1.87 bits per heavy atom. The third kappa shape index (κ3) is 3.80. The maximum Gasteiger partial charge on any atom is 0.265 e. The normalized spacial score (nSPS) is 14.9. The standard InChI is InChI=1S/C23H26N4O3/c1-4-9-27-15-24-21-20(23(27)29)19(17(3)30-21)22(28)26-12-10-25(11-13-26)14-18-7-5-16(2)6-8-18/h4-8,15H,1,9-14H2,2-3H3. The summed E-state index contributed by atoms with van der Waals surface area (Å²) < 4.78 is 7.06. The number of aromatic nitrogens is 2. The molecule has 0 radical (unpaired) electrons. The number of piperazine rings is 1. The summed E-state index contributed by atoms with van der Waals surface area (Å²) in [6.45, 7) is 11.4. The minimum absolute atomic E-state index is 0.170. The van der Waals surface area contributed by atoms with E-state index in [-0.39, 0.29) is 22.6 Å². The molecule has 1 saturated heterocycles. The zero-order valence-electron chi connectivity index (χ0n) is 17.4. The Balaban J connectivity index is 1.51. The molecule has 1 fully saturated rings. The summed E-state index contributed by atoms with van der Waals surface area (Å²) >= 11 is 0. The summed E-state index contributed by atoms with van der Waals surface area (Å²) in [6, 6.07) is 8.54. The largest absolute Gasteiger partial charge is 0.442 e. The summed E-state index contributed by atoms with van der Waals surface area (Å²) in [6.07, 6.45) is 3.05. The zero-order valence-corrected chi connectivity index (χ0v) is 17.4. The molecule has 4 rings (SSSR count). The second kappa shape index (κ2) is 8.28. The van der Waals surface area contributed by atoms with E-state index in [0.29, 0.717) is 31.0 Å². The van der Waals surface area contributed by atoms with E-state index in [1.165, 1.54) is 22.0 Å². The van der Waals surface area contributed by atoms with Crippen LogP contribution < -0.4 is 5.56 Å². The first kappa shape index (κ1) is 20.1. The molecule has 7 heteroatoms. The molecule has 1 aliphatic rings. The van der Waals surface area contributed by atoms with Crippen LogP contribution in [0, 0.1) is 13.8 Å². The minimum Gasteiger partial charge on any atom is -0.442 e. The highest BCUT2D eigenvalue weighted by Crippen LogP contribution is 2.23. The van der Waals surface area contributed by atoms with Crippen LogP contribution in [0.5, 0.6) is 0 Å². The highest BCUT2D eigenvalue weighted by atomic mass is 16.3. The molecule has 1 aromatic carbocycles. The number of aryl methyl sites for hydroxylation is 2. The van der Waals surface area contributed by atoms with E-state index in [1.54, 1.807) is 17.9 Å². The van der Waals surface area contributed by atoms with Crippen LogP contribution in [-0.2, 0) is 13.1 Å². The fourth-order valence-corrected chi connectivity index (χ4v) is 3.88. The first-order chi connectivity index (χ1) is 14.5. The second-order valence-corrected chi connectivity index (χ2v) is 7.76. The van der Waals surface area contributed by atoms with Gasteiger partial charge in [0.05, 0.1) is 5.56 Å². The van der Waals surface area contributed by atoms with Crippen LogP contribution in [0.25, 0.3) is 11.1 Å². The fourth-order valence-electron chi connectivity index (χ4n) is 3.88. The van der Waals surface area contributed by atoms with Crippen LogP contribution in [0.4, 0.5) is 0 Å². The fraction of sp³-hybridized carbons (Fsp3) is 0.348. The van der Waals surface area contributed by atoms with E-state index in [9.17, 15) is 9.59 Å². The van der Waals surface area contributed by atoms with Crippen LogP contribution in [0.1, 0.15) is 27.2 Å². The van der Waals surface area contributed by atoms with E-state index in [4.69, 9.17) is 4.42 Å². The first-order valence-electron chi connectivity index (χ1n) is 10.1. The summed E-state index contributed by atoms with van der Waals surface area (Å²) in [7, 11) is 0. The smallest absolute Gasteiger partial charge is 0.265 e. The molecule has 1 aliphatic heterocycles. The molecule has 0 saturated carbocycles. The Bertz CT molecular complexity index is 1140. The van der Waals surface area contributed by atoms with Crippen molar-refractivity contribution in [2.24, 2.45) is 0 Å². The predicted octanol–water partition coefficient (Wildman–Crippen LogP) is 2.75. The van der Waals surface area contributed by atoms with Crippen LogP contribution in [0.2, 0.25) is 0 Å². The maximum atomic E-state index is 13.3. The van der Waals surface area contributed by atoms with Crippen LogP contribution in [0.3, 0.4) is 0 Å². The number of fused-ring (bicyclic) bond motifs is 1. The van der Waals surface area contributed by atoms with Gasteiger partial charge in [0.15, 0.2) is 0 Å². The van der Waals surface area contributed by atoms with Crippen LogP contribution in [-0.4, -0.2) is 51.4 Å². The first-order valence-corrected chi connectivity index (χ1v) is 10.1. The molecule has 0 unspecified atom stereocenters. The topological polar surface area (TPSA) is 71.6 Å². The number of carbonyl (C=O) groups is 1. The Labute approximate surface area is 175 Å². The van der Waals surface area contributed by atoms with Crippen molar-refractivity contribution < 1.29 is 9.21 Å². The summed E-state index contributed by atoms with van der Waals surface area (Å²) in [5.41, 5.74) is 2.77. The molecule has 30 heavy (non-hydrogen) atoms. The molecule has 0 aliphatic carbocycles. The Morgan fingerprint density at radius 3 is 2.53 bits per heavy atom. The SMILES string of the molecule is C=CCn1cnc2oc(C)c(C(=O)N3CCN(Cc4ccc(C)cc4)CC3)c2c1=O. The lowest BCUT2D eigenvalue weighted by Gasteiger charge is -2.34. The number of allylic oxidation sites excluding steroid dienone is 1. The van der Waals surface area contributed by atoms with Gasteiger partial charge in [-0.25, -0.2) is 4.98 Å². The molecule has 7 nitrogen and oxygen atoms in total. The molecular formula is C23H26N4O3. The quantitative estimate of drug-likeness (QED) is 0.610. The van der Waals surface area contributed by atoms with Gasteiger partial charge in [0, 0.05) is 39.3 Å². The zero-order chi connectivity index (χ0) is 21.3. The van der Waals surface area contributed by atoms with Crippen molar-refractivity contribution in [1.29, 1.82) is 0 Å². The number of hydrogen-bond donors (Lipinski definition) is 0. The van der Waals surface area contributed by atoms with E-state index < -0.39 is 0 Å². The number of carbonyl (C=O) groups excluding carboxylic acids is 1. The van der Waals surface area contributed by atoms with Crippen LogP contribution >= 0.6 is 0 Å². The van der Waals surface area contributed by atoms with E-state index in [1.807, 2.05) is 0 Å². The highest BCUT2D eigenvalue weighted by molar-refractivity contribution is 6.06. The highest BCUT2D eigenvalue weighted by Gasteiger charge is 2.29. The molecule has 3 heterocycles. The summed E-state index contributed by atoms with van der Waals surface area (Å²) in [5.74, 6) is 0.259. The lowest BCUT2D eigenvalue weighted by Crippen LogP contribution is -2.48. The van der Waals surface area contributed by atoms with Gasteiger partial charge in [-0.3, -0.25) is 19.1 Å². The average Bonchev–Trinajstić information content (AvgIpc) is 3.09. The number of amides is 1. The van der Waals surface area contributed by atoms with Crippen molar-refractivity contribution >= 4 is 17.0 Å². The predicted molar refractivity (Wildman–Crippen MR) is 116 cm³/mol. The van der Waals surface area contributed by atoms with Crippen molar-refractivity contribution in [3.8, 4) is 0 Å². The molecule has 0 bridgehead atoms. The Morgan fingerprint density at radius 1 is 1.17 bits per heavy atom. The van der Waals surface area contributed by atoms with Crippen LogP contribution in [0.15, 0.2) is 52.5 Å². The van der Waals surface area contributed by atoms with Gasteiger partial charge in [0.1, 0.15) is 17.5 Å². The average molecular weight is 406 g/mol. The number of rotatable bonds is 5. The Hall–Kier alpha value is -3.19. The molecule has 0 spiro atoms. The van der Waals surface area contributed by atoms with Crippen molar-refractivity contribution in [3.05, 3.63) is 76.1 Å². The minimum atomic E-state index is -0.280. The van der Waals surface area contributed by atoms with Gasteiger partial charge in [-0.2, -0.15) is 0 Å².